The zero-order valence-electron chi connectivity index (χ0n) is 9.76. The third-order valence-electron chi connectivity index (χ3n) is 2.31. The van der Waals surface area contributed by atoms with E-state index < -0.39 is 15.5 Å². The van der Waals surface area contributed by atoms with Crippen LogP contribution in [0.25, 0.3) is 0 Å². The van der Waals surface area contributed by atoms with Crippen LogP contribution in [0.3, 0.4) is 0 Å². The maximum atomic E-state index is 11.4. The van der Waals surface area contributed by atoms with Crippen LogP contribution in [0.15, 0.2) is 30.3 Å². The van der Waals surface area contributed by atoms with Crippen molar-refractivity contribution in [1.82, 2.24) is 0 Å². The van der Waals surface area contributed by atoms with Gasteiger partial charge in [0.1, 0.15) is 0 Å². The number of hydrogen-bond donors (Lipinski definition) is 1. The van der Waals surface area contributed by atoms with Crippen molar-refractivity contribution in [3.63, 3.8) is 0 Å². The van der Waals surface area contributed by atoms with Crippen LogP contribution in [0.1, 0.15) is 13.3 Å². The van der Waals surface area contributed by atoms with Crippen LogP contribution in [0.2, 0.25) is 0 Å². The van der Waals surface area contributed by atoms with Gasteiger partial charge < -0.3 is 4.74 Å². The number of carbonyl (C=O) groups is 1. The molecular weight excluding hydrogens is 304 g/mol. The molecule has 7 heteroatoms. The van der Waals surface area contributed by atoms with Crippen molar-refractivity contribution in [3.05, 3.63) is 40.4 Å². The molecule has 1 N–H and O–H groups in total. The second-order valence-electron chi connectivity index (χ2n) is 3.60. The number of rotatable bonds is 5. The second kappa shape index (κ2) is 6.34. The average Bonchev–Trinajstić information content (AvgIpc) is 2.37. The van der Waals surface area contributed by atoms with Gasteiger partial charge in [-0.05, 0) is 12.1 Å². The SMILES string of the molecule is CCC(Br)(COC(=O)Nc1ccccc1)[N+](=O)[O-]. The van der Waals surface area contributed by atoms with E-state index >= 15 is 0 Å². The molecule has 0 fully saturated rings. The van der Waals surface area contributed by atoms with Gasteiger partial charge in [-0.1, -0.05) is 25.1 Å². The highest BCUT2D eigenvalue weighted by Crippen LogP contribution is 2.23. The molecular formula is C11H13BrN2O4. The lowest BCUT2D eigenvalue weighted by atomic mass is 10.2. The third-order valence-corrected chi connectivity index (χ3v) is 3.39. The van der Waals surface area contributed by atoms with E-state index in [1.54, 1.807) is 31.2 Å². The lowest BCUT2D eigenvalue weighted by molar-refractivity contribution is -0.538. The van der Waals surface area contributed by atoms with E-state index in [1.807, 2.05) is 6.07 Å². The van der Waals surface area contributed by atoms with Gasteiger partial charge in [-0.3, -0.25) is 15.4 Å². The van der Waals surface area contributed by atoms with Crippen LogP contribution in [0, 0.1) is 10.1 Å². The Morgan fingerprint density at radius 2 is 2.11 bits per heavy atom. The summed E-state index contributed by atoms with van der Waals surface area (Å²) < 4.78 is 3.40. The summed E-state index contributed by atoms with van der Waals surface area (Å²) >= 11 is 2.96. The fraction of sp³-hybridized carbons (Fsp3) is 0.364. The van der Waals surface area contributed by atoms with Gasteiger partial charge in [0, 0.05) is 33.0 Å². The molecule has 0 heterocycles. The second-order valence-corrected chi connectivity index (χ2v) is 5.07. The van der Waals surface area contributed by atoms with E-state index in [0.717, 1.165) is 0 Å². The summed E-state index contributed by atoms with van der Waals surface area (Å²) in [4.78, 5) is 21.7. The number of nitro groups is 1. The summed E-state index contributed by atoms with van der Waals surface area (Å²) in [6, 6.07) is 8.71. The molecule has 0 bridgehead atoms. The van der Waals surface area contributed by atoms with Gasteiger partial charge in [-0.25, -0.2) is 4.79 Å². The van der Waals surface area contributed by atoms with Gasteiger partial charge >= 0.3 is 10.5 Å². The van der Waals surface area contributed by atoms with Crippen molar-refractivity contribution >= 4 is 27.7 Å². The van der Waals surface area contributed by atoms with Crippen LogP contribution in [-0.2, 0) is 4.74 Å². The molecule has 6 nitrogen and oxygen atoms in total. The van der Waals surface area contributed by atoms with E-state index in [0.29, 0.717) is 5.69 Å². The number of nitrogens with zero attached hydrogens (tertiary/aromatic N) is 1. The van der Waals surface area contributed by atoms with Crippen molar-refractivity contribution in [2.24, 2.45) is 0 Å². The Morgan fingerprint density at radius 3 is 2.61 bits per heavy atom. The standard InChI is InChI=1S/C11H13BrN2O4/c1-2-11(12,14(16)17)8-18-10(15)13-9-6-4-3-5-7-9/h3-7H,2,8H2,1H3,(H,13,15). The predicted octanol–water partition coefficient (Wildman–Crippen LogP) is 3.01. The monoisotopic (exact) mass is 316 g/mol. The lowest BCUT2D eigenvalue weighted by Gasteiger charge is -2.16. The van der Waals surface area contributed by atoms with E-state index in [1.165, 1.54) is 0 Å². The van der Waals surface area contributed by atoms with Crippen LogP contribution < -0.4 is 5.32 Å². The van der Waals surface area contributed by atoms with E-state index in [4.69, 9.17) is 4.74 Å². The zero-order valence-corrected chi connectivity index (χ0v) is 11.3. The zero-order chi connectivity index (χ0) is 13.6. The molecule has 0 saturated carbocycles. The highest BCUT2D eigenvalue weighted by molar-refractivity contribution is 9.10. The number of carbonyl (C=O) groups excluding carboxylic acids is 1. The molecule has 1 atom stereocenters. The first kappa shape index (κ1) is 14.4. The third kappa shape index (κ3) is 3.99. The smallest absolute Gasteiger partial charge is 0.411 e. The number of halogens is 1. The fourth-order valence-electron chi connectivity index (χ4n) is 1.14. The Balaban J connectivity index is 2.49. The van der Waals surface area contributed by atoms with E-state index in [2.05, 4.69) is 21.2 Å². The largest absolute Gasteiger partial charge is 0.441 e. The molecule has 1 unspecified atom stereocenters. The quantitative estimate of drug-likeness (QED) is 0.392. The van der Waals surface area contributed by atoms with Gasteiger partial charge in [-0.15, -0.1) is 0 Å². The normalized spacial score (nSPS) is 13.4. The highest BCUT2D eigenvalue weighted by atomic mass is 79.9. The van der Waals surface area contributed by atoms with Crippen molar-refractivity contribution in [3.8, 4) is 0 Å². The van der Waals surface area contributed by atoms with Crippen molar-refractivity contribution in [1.29, 1.82) is 0 Å². The summed E-state index contributed by atoms with van der Waals surface area (Å²) in [5, 5.41) is 13.2. The Kier molecular flexibility index (Phi) is 5.08. The number of hydrogen-bond acceptors (Lipinski definition) is 4. The van der Waals surface area contributed by atoms with Gasteiger partial charge in [0.25, 0.3) is 0 Å². The molecule has 1 aromatic rings. The minimum Gasteiger partial charge on any atom is -0.441 e. The Morgan fingerprint density at radius 1 is 1.50 bits per heavy atom. The minimum atomic E-state index is -1.43. The molecule has 0 aliphatic heterocycles. The van der Waals surface area contributed by atoms with Crippen LogP contribution in [0.5, 0.6) is 0 Å². The van der Waals surface area contributed by atoms with Crippen molar-refractivity contribution < 1.29 is 14.5 Å². The average molecular weight is 317 g/mol. The van der Waals surface area contributed by atoms with E-state index in [-0.39, 0.29) is 13.0 Å². The molecule has 0 saturated heterocycles. The molecule has 1 amide bonds. The van der Waals surface area contributed by atoms with Gasteiger partial charge in [-0.2, -0.15) is 0 Å². The topological polar surface area (TPSA) is 81.5 Å². The van der Waals surface area contributed by atoms with Gasteiger partial charge in [0.15, 0.2) is 6.61 Å². The Hall–Kier alpha value is -1.63. The summed E-state index contributed by atoms with van der Waals surface area (Å²) in [6.07, 6.45) is -0.515. The number of benzene rings is 1. The summed E-state index contributed by atoms with van der Waals surface area (Å²) in [5.74, 6) is 0. The van der Waals surface area contributed by atoms with Crippen LogP contribution in [0.4, 0.5) is 10.5 Å². The number of ether oxygens (including phenoxy) is 1. The number of para-hydroxylation sites is 1. The fourth-order valence-corrected chi connectivity index (χ4v) is 1.25. The predicted molar refractivity (Wildman–Crippen MR) is 70.4 cm³/mol. The first-order valence-corrected chi connectivity index (χ1v) is 6.09. The molecule has 0 aliphatic rings. The van der Waals surface area contributed by atoms with Crippen LogP contribution >= 0.6 is 15.9 Å². The number of alkyl halides is 1. The molecule has 1 rings (SSSR count). The summed E-state index contributed by atoms with van der Waals surface area (Å²) in [6.45, 7) is 1.30. The molecule has 0 radical (unpaired) electrons. The first-order chi connectivity index (χ1) is 8.48. The highest BCUT2D eigenvalue weighted by Gasteiger charge is 2.39. The maximum Gasteiger partial charge on any atom is 0.411 e. The maximum absolute atomic E-state index is 11.4. The van der Waals surface area contributed by atoms with Gasteiger partial charge in [0.05, 0.1) is 0 Å². The molecule has 98 valence electrons. The molecule has 0 aliphatic carbocycles. The molecule has 0 aromatic heterocycles. The first-order valence-electron chi connectivity index (χ1n) is 5.30. The van der Waals surface area contributed by atoms with E-state index in [9.17, 15) is 14.9 Å². The summed E-state index contributed by atoms with van der Waals surface area (Å²) in [7, 11) is 0. The summed E-state index contributed by atoms with van der Waals surface area (Å²) in [5.41, 5.74) is 0.570. The molecule has 18 heavy (non-hydrogen) atoms. The number of amides is 1. The number of nitrogens with one attached hydrogen (secondary N) is 1. The van der Waals surface area contributed by atoms with Crippen molar-refractivity contribution in [2.75, 3.05) is 11.9 Å². The number of anilines is 1. The Labute approximate surface area is 113 Å². The molecule has 0 spiro atoms. The van der Waals surface area contributed by atoms with Crippen LogP contribution in [-0.4, -0.2) is 22.1 Å². The van der Waals surface area contributed by atoms with Gasteiger partial charge in [0.2, 0.25) is 0 Å². The Bertz CT molecular complexity index is 426. The van der Waals surface area contributed by atoms with Crippen molar-refractivity contribution in [2.45, 2.75) is 17.8 Å². The minimum absolute atomic E-state index is 0.207. The lowest BCUT2D eigenvalue weighted by Crippen LogP contribution is -2.37. The molecule has 1 aromatic carbocycles.